The maximum Gasteiger partial charge on any atom is 0.239 e. The Morgan fingerprint density at radius 2 is 1.87 bits per heavy atom. The van der Waals surface area contributed by atoms with Gasteiger partial charge in [0, 0.05) is 16.4 Å². The van der Waals surface area contributed by atoms with Gasteiger partial charge in [0.1, 0.15) is 0 Å². The number of rotatable bonds is 4. The van der Waals surface area contributed by atoms with E-state index < -0.39 is 0 Å². The minimum Gasteiger partial charge on any atom is -0.338 e. The van der Waals surface area contributed by atoms with E-state index in [4.69, 9.17) is 9.51 Å². The maximum atomic E-state index is 5.41. The van der Waals surface area contributed by atoms with Crippen LogP contribution in [0.4, 0.5) is 0 Å². The minimum atomic E-state index is -0.103. The van der Waals surface area contributed by atoms with Crippen LogP contribution in [0.1, 0.15) is 44.7 Å². The molecule has 0 N–H and O–H groups in total. The van der Waals surface area contributed by atoms with Crippen LogP contribution in [0.25, 0.3) is 11.3 Å². The SMILES string of the molecule is C[C@H](Sc1nc(-c2ccccc2)cs1)c1nc(C(C)(C)C)no1. The fourth-order valence-electron chi connectivity index (χ4n) is 1.96. The second-order valence-corrected chi connectivity index (χ2v) is 8.78. The quantitative estimate of drug-likeness (QED) is 0.597. The monoisotopic (exact) mass is 345 g/mol. The summed E-state index contributed by atoms with van der Waals surface area (Å²) in [5, 5.41) is 6.25. The van der Waals surface area contributed by atoms with E-state index in [1.165, 1.54) is 0 Å². The lowest BCUT2D eigenvalue weighted by molar-refractivity contribution is 0.364. The lowest BCUT2D eigenvalue weighted by atomic mass is 9.96. The highest BCUT2D eigenvalue weighted by Crippen LogP contribution is 2.37. The van der Waals surface area contributed by atoms with Crippen LogP contribution < -0.4 is 0 Å². The summed E-state index contributed by atoms with van der Waals surface area (Å²) < 4.78 is 6.42. The van der Waals surface area contributed by atoms with Crippen LogP contribution in [0.5, 0.6) is 0 Å². The smallest absolute Gasteiger partial charge is 0.239 e. The fraction of sp³-hybridized carbons (Fsp3) is 0.353. The molecule has 120 valence electrons. The van der Waals surface area contributed by atoms with Crippen molar-refractivity contribution in [1.82, 2.24) is 15.1 Å². The van der Waals surface area contributed by atoms with Crippen LogP contribution >= 0.6 is 23.1 Å². The Hall–Kier alpha value is -1.66. The van der Waals surface area contributed by atoms with Crippen LogP contribution in [0.15, 0.2) is 44.6 Å². The van der Waals surface area contributed by atoms with E-state index in [1.807, 2.05) is 18.2 Å². The molecule has 4 nitrogen and oxygen atoms in total. The van der Waals surface area contributed by atoms with Gasteiger partial charge in [0.2, 0.25) is 5.89 Å². The number of benzene rings is 1. The molecule has 0 aliphatic rings. The second kappa shape index (κ2) is 6.45. The van der Waals surface area contributed by atoms with E-state index in [-0.39, 0.29) is 10.7 Å². The highest BCUT2D eigenvalue weighted by Gasteiger charge is 2.24. The molecule has 0 saturated heterocycles. The number of thioether (sulfide) groups is 1. The number of thiazole rings is 1. The number of hydrogen-bond acceptors (Lipinski definition) is 6. The molecule has 0 spiro atoms. The van der Waals surface area contributed by atoms with Crippen molar-refractivity contribution in [3.63, 3.8) is 0 Å². The van der Waals surface area contributed by atoms with Gasteiger partial charge < -0.3 is 4.52 Å². The molecule has 1 aromatic carbocycles. The van der Waals surface area contributed by atoms with Crippen molar-refractivity contribution in [3.05, 3.63) is 47.4 Å². The Kier molecular flexibility index (Phi) is 4.55. The van der Waals surface area contributed by atoms with E-state index in [2.05, 4.69) is 55.3 Å². The molecule has 0 bridgehead atoms. The molecule has 3 rings (SSSR count). The van der Waals surface area contributed by atoms with E-state index in [9.17, 15) is 0 Å². The number of nitrogens with zero attached hydrogens (tertiary/aromatic N) is 3. The molecule has 2 aromatic heterocycles. The molecule has 0 radical (unpaired) electrons. The van der Waals surface area contributed by atoms with Crippen LogP contribution in [0.2, 0.25) is 0 Å². The summed E-state index contributed by atoms with van der Waals surface area (Å²) in [7, 11) is 0. The van der Waals surface area contributed by atoms with Crippen molar-refractivity contribution >= 4 is 23.1 Å². The number of hydrogen-bond donors (Lipinski definition) is 0. The zero-order chi connectivity index (χ0) is 16.4. The molecule has 23 heavy (non-hydrogen) atoms. The maximum absolute atomic E-state index is 5.41. The van der Waals surface area contributed by atoms with Crippen molar-refractivity contribution in [3.8, 4) is 11.3 Å². The molecular weight excluding hydrogens is 326 g/mol. The van der Waals surface area contributed by atoms with Gasteiger partial charge in [-0.05, 0) is 6.92 Å². The van der Waals surface area contributed by atoms with Crippen LogP contribution in [-0.4, -0.2) is 15.1 Å². The van der Waals surface area contributed by atoms with Crippen LogP contribution in [0.3, 0.4) is 0 Å². The summed E-state index contributed by atoms with van der Waals surface area (Å²) in [6, 6.07) is 10.2. The first-order chi connectivity index (χ1) is 10.9. The Bertz CT molecular complexity index is 774. The molecule has 0 saturated carbocycles. The average molecular weight is 345 g/mol. The van der Waals surface area contributed by atoms with Gasteiger partial charge in [-0.3, -0.25) is 0 Å². The van der Waals surface area contributed by atoms with Gasteiger partial charge in [-0.15, -0.1) is 11.3 Å². The van der Waals surface area contributed by atoms with Gasteiger partial charge in [-0.2, -0.15) is 4.98 Å². The van der Waals surface area contributed by atoms with E-state index in [1.54, 1.807) is 23.1 Å². The van der Waals surface area contributed by atoms with Crippen molar-refractivity contribution in [1.29, 1.82) is 0 Å². The highest BCUT2D eigenvalue weighted by molar-refractivity contribution is 8.01. The summed E-state index contributed by atoms with van der Waals surface area (Å²) >= 11 is 3.29. The van der Waals surface area contributed by atoms with Gasteiger partial charge in [0.05, 0.1) is 10.9 Å². The molecule has 0 aliphatic heterocycles. The molecule has 3 aromatic rings. The lowest BCUT2D eigenvalue weighted by Gasteiger charge is -2.11. The largest absolute Gasteiger partial charge is 0.338 e. The summed E-state index contributed by atoms with van der Waals surface area (Å²) in [6.45, 7) is 8.29. The van der Waals surface area contributed by atoms with Gasteiger partial charge in [-0.25, -0.2) is 4.98 Å². The lowest BCUT2D eigenvalue weighted by Crippen LogP contribution is -2.13. The van der Waals surface area contributed by atoms with Gasteiger partial charge in [0.25, 0.3) is 0 Å². The van der Waals surface area contributed by atoms with Crippen molar-refractivity contribution in [2.45, 2.75) is 42.7 Å². The van der Waals surface area contributed by atoms with E-state index in [0.717, 1.165) is 21.4 Å². The molecule has 1 atom stereocenters. The molecule has 0 unspecified atom stereocenters. The van der Waals surface area contributed by atoms with Gasteiger partial charge in [0.15, 0.2) is 10.2 Å². The van der Waals surface area contributed by atoms with Crippen molar-refractivity contribution in [2.24, 2.45) is 0 Å². The summed E-state index contributed by atoms with van der Waals surface area (Å²) in [4.78, 5) is 9.21. The van der Waals surface area contributed by atoms with Crippen LogP contribution in [-0.2, 0) is 5.41 Å². The molecule has 0 amide bonds. The molecule has 0 aliphatic carbocycles. The van der Waals surface area contributed by atoms with Gasteiger partial charge >= 0.3 is 0 Å². The Morgan fingerprint density at radius 3 is 2.52 bits per heavy atom. The highest BCUT2D eigenvalue weighted by atomic mass is 32.2. The Morgan fingerprint density at radius 1 is 1.13 bits per heavy atom. The Balaban J connectivity index is 1.72. The third-order valence-electron chi connectivity index (χ3n) is 3.29. The van der Waals surface area contributed by atoms with Crippen LogP contribution in [0, 0.1) is 0 Å². The number of aromatic nitrogens is 3. The first-order valence-corrected chi connectivity index (χ1v) is 9.21. The fourth-order valence-corrected chi connectivity index (χ4v) is 3.96. The molecule has 0 fully saturated rings. The Labute approximate surface area is 144 Å². The zero-order valence-electron chi connectivity index (χ0n) is 13.6. The summed E-state index contributed by atoms with van der Waals surface area (Å²) in [5.41, 5.74) is 2.04. The van der Waals surface area contributed by atoms with Crippen molar-refractivity contribution < 1.29 is 4.52 Å². The minimum absolute atomic E-state index is 0.0772. The molecule has 2 heterocycles. The predicted octanol–water partition coefficient (Wildman–Crippen LogP) is 5.34. The molecular formula is C17H19N3OS2. The normalized spacial score (nSPS) is 13.2. The summed E-state index contributed by atoms with van der Waals surface area (Å²) in [6.07, 6.45) is 0. The predicted molar refractivity (Wildman–Crippen MR) is 94.8 cm³/mol. The average Bonchev–Trinajstić information content (AvgIpc) is 3.17. The second-order valence-electron chi connectivity index (χ2n) is 6.33. The standard InChI is InChI=1S/C17H19N3OS2/c1-11(14-19-15(20-21-14)17(2,3)4)23-16-18-13(10-22-16)12-8-6-5-7-9-12/h5-11H,1-4H3/t11-/m0/s1. The van der Waals surface area contributed by atoms with Gasteiger partial charge in [-0.1, -0.05) is 68.0 Å². The van der Waals surface area contributed by atoms with E-state index in [0.29, 0.717) is 5.89 Å². The first kappa shape index (κ1) is 16.2. The zero-order valence-corrected chi connectivity index (χ0v) is 15.2. The topological polar surface area (TPSA) is 51.8 Å². The third-order valence-corrected chi connectivity index (χ3v) is 5.35. The van der Waals surface area contributed by atoms with Crippen molar-refractivity contribution in [2.75, 3.05) is 0 Å². The first-order valence-electron chi connectivity index (χ1n) is 7.45. The molecule has 6 heteroatoms. The summed E-state index contributed by atoms with van der Waals surface area (Å²) in [5.74, 6) is 1.39. The third kappa shape index (κ3) is 3.82. The van der Waals surface area contributed by atoms with E-state index >= 15 is 0 Å².